The predicted octanol–water partition coefficient (Wildman–Crippen LogP) is 5.17. The fraction of sp³-hybridized carbons (Fsp3) is 0.136. The number of para-hydroxylation sites is 1. The highest BCUT2D eigenvalue weighted by Gasteiger charge is 2.08. The Kier molecular flexibility index (Phi) is 5.14. The SMILES string of the molecule is Cc1cccc(CNc2cc(C(=O)Nc3ccccc3)ccc2C)c1. The van der Waals surface area contributed by atoms with Crippen molar-refractivity contribution in [3.8, 4) is 0 Å². The first-order valence-electron chi connectivity index (χ1n) is 8.38. The summed E-state index contributed by atoms with van der Waals surface area (Å²) in [5, 5.41) is 6.36. The number of nitrogens with one attached hydrogen (secondary N) is 2. The zero-order valence-corrected chi connectivity index (χ0v) is 14.5. The number of hydrogen-bond acceptors (Lipinski definition) is 2. The number of anilines is 2. The van der Waals surface area contributed by atoms with Gasteiger partial charge in [0.2, 0.25) is 0 Å². The number of hydrogen-bond donors (Lipinski definition) is 2. The van der Waals surface area contributed by atoms with Crippen LogP contribution in [0.15, 0.2) is 72.8 Å². The van der Waals surface area contributed by atoms with Gasteiger partial charge in [-0.05, 0) is 49.2 Å². The van der Waals surface area contributed by atoms with Crippen molar-refractivity contribution in [2.24, 2.45) is 0 Å². The monoisotopic (exact) mass is 330 g/mol. The lowest BCUT2D eigenvalue weighted by molar-refractivity contribution is 0.102. The van der Waals surface area contributed by atoms with Crippen molar-refractivity contribution in [1.29, 1.82) is 0 Å². The Morgan fingerprint density at radius 2 is 1.68 bits per heavy atom. The van der Waals surface area contributed by atoms with Crippen molar-refractivity contribution >= 4 is 17.3 Å². The van der Waals surface area contributed by atoms with Crippen molar-refractivity contribution in [2.45, 2.75) is 20.4 Å². The molecule has 0 aliphatic rings. The van der Waals surface area contributed by atoms with Gasteiger partial charge >= 0.3 is 0 Å². The summed E-state index contributed by atoms with van der Waals surface area (Å²) in [6.45, 7) is 4.85. The molecule has 3 nitrogen and oxygen atoms in total. The van der Waals surface area contributed by atoms with Crippen molar-refractivity contribution in [2.75, 3.05) is 10.6 Å². The van der Waals surface area contributed by atoms with Gasteiger partial charge in [0.05, 0.1) is 0 Å². The van der Waals surface area contributed by atoms with Crippen molar-refractivity contribution in [3.05, 3.63) is 95.1 Å². The van der Waals surface area contributed by atoms with Crippen LogP contribution >= 0.6 is 0 Å². The molecule has 0 aliphatic heterocycles. The zero-order valence-electron chi connectivity index (χ0n) is 14.5. The smallest absolute Gasteiger partial charge is 0.255 e. The van der Waals surface area contributed by atoms with Crippen molar-refractivity contribution < 1.29 is 4.79 Å². The maximum Gasteiger partial charge on any atom is 0.255 e. The zero-order chi connectivity index (χ0) is 17.6. The van der Waals surface area contributed by atoms with Crippen LogP contribution in [0, 0.1) is 13.8 Å². The van der Waals surface area contributed by atoms with E-state index in [2.05, 4.69) is 41.8 Å². The van der Waals surface area contributed by atoms with Crippen LogP contribution in [0.4, 0.5) is 11.4 Å². The van der Waals surface area contributed by atoms with Crippen molar-refractivity contribution in [1.82, 2.24) is 0 Å². The van der Waals surface area contributed by atoms with E-state index in [4.69, 9.17) is 0 Å². The molecule has 0 bridgehead atoms. The van der Waals surface area contributed by atoms with Gasteiger partial charge in [0, 0.05) is 23.5 Å². The highest BCUT2D eigenvalue weighted by molar-refractivity contribution is 6.04. The van der Waals surface area contributed by atoms with Crippen LogP contribution in [0.3, 0.4) is 0 Å². The summed E-state index contributed by atoms with van der Waals surface area (Å²) in [6, 6.07) is 23.6. The molecule has 0 fully saturated rings. The Morgan fingerprint density at radius 3 is 2.44 bits per heavy atom. The van der Waals surface area contributed by atoms with E-state index in [1.54, 1.807) is 0 Å². The average molecular weight is 330 g/mol. The molecular formula is C22H22N2O. The summed E-state index contributed by atoms with van der Waals surface area (Å²) in [4.78, 5) is 12.5. The molecule has 3 aromatic rings. The molecule has 1 amide bonds. The maximum atomic E-state index is 12.5. The van der Waals surface area contributed by atoms with Crippen molar-refractivity contribution in [3.63, 3.8) is 0 Å². The molecule has 0 spiro atoms. The van der Waals surface area contributed by atoms with Gasteiger partial charge in [-0.1, -0.05) is 54.1 Å². The predicted molar refractivity (Wildman–Crippen MR) is 104 cm³/mol. The number of amides is 1. The minimum absolute atomic E-state index is 0.107. The highest BCUT2D eigenvalue weighted by atomic mass is 16.1. The molecule has 0 aliphatic carbocycles. The van der Waals surface area contributed by atoms with E-state index in [1.807, 2.05) is 55.5 Å². The highest BCUT2D eigenvalue weighted by Crippen LogP contribution is 2.19. The number of carbonyl (C=O) groups is 1. The fourth-order valence-electron chi connectivity index (χ4n) is 2.70. The molecule has 25 heavy (non-hydrogen) atoms. The van der Waals surface area contributed by atoms with E-state index in [0.29, 0.717) is 5.56 Å². The topological polar surface area (TPSA) is 41.1 Å². The van der Waals surface area contributed by atoms with E-state index >= 15 is 0 Å². The van der Waals surface area contributed by atoms with Crippen LogP contribution < -0.4 is 10.6 Å². The van der Waals surface area contributed by atoms with Crippen LogP contribution in [0.5, 0.6) is 0 Å². The molecule has 0 heterocycles. The lowest BCUT2D eigenvalue weighted by Crippen LogP contribution is -2.12. The largest absolute Gasteiger partial charge is 0.381 e. The first-order valence-corrected chi connectivity index (χ1v) is 8.38. The minimum atomic E-state index is -0.107. The van der Waals surface area contributed by atoms with Gasteiger partial charge < -0.3 is 10.6 Å². The van der Waals surface area contributed by atoms with Crippen LogP contribution in [0.2, 0.25) is 0 Å². The molecule has 0 radical (unpaired) electrons. The molecule has 0 atom stereocenters. The summed E-state index contributed by atoms with van der Waals surface area (Å²) in [5.74, 6) is -0.107. The van der Waals surface area contributed by atoms with Crippen LogP contribution in [0.1, 0.15) is 27.0 Å². The second-order valence-electron chi connectivity index (χ2n) is 6.19. The molecule has 3 heteroatoms. The second-order valence-corrected chi connectivity index (χ2v) is 6.19. The van der Waals surface area contributed by atoms with E-state index in [9.17, 15) is 4.79 Å². The van der Waals surface area contributed by atoms with Gasteiger partial charge in [0.25, 0.3) is 5.91 Å². The third-order valence-electron chi connectivity index (χ3n) is 4.10. The molecule has 0 saturated heterocycles. The normalized spacial score (nSPS) is 10.3. The summed E-state index contributed by atoms with van der Waals surface area (Å²) in [5.41, 5.74) is 5.99. The molecule has 126 valence electrons. The van der Waals surface area contributed by atoms with Gasteiger partial charge in [0.15, 0.2) is 0 Å². The quantitative estimate of drug-likeness (QED) is 0.678. The molecule has 3 aromatic carbocycles. The molecule has 0 saturated carbocycles. The Balaban J connectivity index is 1.72. The lowest BCUT2D eigenvalue weighted by atomic mass is 10.1. The average Bonchev–Trinajstić information content (AvgIpc) is 2.62. The molecule has 2 N–H and O–H groups in total. The van der Waals surface area contributed by atoms with E-state index < -0.39 is 0 Å². The Hall–Kier alpha value is -3.07. The first kappa shape index (κ1) is 16.8. The second kappa shape index (κ2) is 7.67. The number of rotatable bonds is 5. The summed E-state index contributed by atoms with van der Waals surface area (Å²) >= 11 is 0. The van der Waals surface area contributed by atoms with Gasteiger partial charge in [-0.25, -0.2) is 0 Å². The standard InChI is InChI=1S/C22H22N2O/c1-16-7-6-8-18(13-16)15-23-21-14-19(12-11-17(21)2)22(25)24-20-9-4-3-5-10-20/h3-14,23H,15H2,1-2H3,(H,24,25). The number of benzene rings is 3. The number of carbonyl (C=O) groups excluding carboxylic acids is 1. The van der Waals surface area contributed by atoms with Crippen LogP contribution in [-0.2, 0) is 6.54 Å². The van der Waals surface area contributed by atoms with E-state index in [-0.39, 0.29) is 5.91 Å². The molecular weight excluding hydrogens is 308 g/mol. The van der Waals surface area contributed by atoms with E-state index in [0.717, 1.165) is 23.5 Å². The number of aryl methyl sites for hydroxylation is 2. The van der Waals surface area contributed by atoms with Gasteiger partial charge in [-0.3, -0.25) is 4.79 Å². The van der Waals surface area contributed by atoms with Gasteiger partial charge in [-0.2, -0.15) is 0 Å². The molecule has 0 aromatic heterocycles. The minimum Gasteiger partial charge on any atom is -0.381 e. The van der Waals surface area contributed by atoms with Gasteiger partial charge in [0.1, 0.15) is 0 Å². The first-order chi connectivity index (χ1) is 12.1. The third-order valence-corrected chi connectivity index (χ3v) is 4.10. The summed E-state index contributed by atoms with van der Waals surface area (Å²) in [7, 11) is 0. The fourth-order valence-corrected chi connectivity index (χ4v) is 2.70. The molecule has 3 rings (SSSR count). The van der Waals surface area contributed by atoms with Gasteiger partial charge in [-0.15, -0.1) is 0 Å². The summed E-state index contributed by atoms with van der Waals surface area (Å²) in [6.07, 6.45) is 0. The maximum absolute atomic E-state index is 12.5. The van der Waals surface area contributed by atoms with E-state index in [1.165, 1.54) is 11.1 Å². The van der Waals surface area contributed by atoms with Crippen LogP contribution in [-0.4, -0.2) is 5.91 Å². The van der Waals surface area contributed by atoms with Crippen LogP contribution in [0.25, 0.3) is 0 Å². The Labute approximate surface area is 148 Å². The summed E-state index contributed by atoms with van der Waals surface area (Å²) < 4.78 is 0. The lowest BCUT2D eigenvalue weighted by Gasteiger charge is -2.12. The Bertz CT molecular complexity index is 872. The Morgan fingerprint density at radius 1 is 0.880 bits per heavy atom. The molecule has 0 unspecified atom stereocenters. The third kappa shape index (κ3) is 4.48.